The SMILES string of the molecule is CC(NC(=O)C(=O)N1CCNCC1)c1ccccc1F. The van der Waals surface area contributed by atoms with E-state index in [2.05, 4.69) is 10.6 Å². The zero-order valence-corrected chi connectivity index (χ0v) is 11.4. The van der Waals surface area contributed by atoms with Gasteiger partial charge >= 0.3 is 11.8 Å². The molecule has 6 heteroatoms. The van der Waals surface area contributed by atoms with Crippen LogP contribution in [0.5, 0.6) is 0 Å². The number of nitrogens with zero attached hydrogens (tertiary/aromatic N) is 1. The van der Waals surface area contributed by atoms with Crippen LogP contribution >= 0.6 is 0 Å². The van der Waals surface area contributed by atoms with Crippen molar-refractivity contribution in [2.24, 2.45) is 0 Å². The number of rotatable bonds is 2. The maximum Gasteiger partial charge on any atom is 0.311 e. The van der Waals surface area contributed by atoms with E-state index in [1.807, 2.05) is 0 Å². The average molecular weight is 279 g/mol. The lowest BCUT2D eigenvalue weighted by Gasteiger charge is -2.27. The van der Waals surface area contributed by atoms with E-state index in [4.69, 9.17) is 0 Å². The lowest BCUT2D eigenvalue weighted by atomic mass is 10.1. The predicted octanol–water partition coefficient (Wildman–Crippen LogP) is 0.435. The van der Waals surface area contributed by atoms with E-state index in [-0.39, 0.29) is 0 Å². The molecule has 0 radical (unpaired) electrons. The molecule has 2 amide bonds. The van der Waals surface area contributed by atoms with Crippen LogP contribution in [-0.2, 0) is 9.59 Å². The Labute approximate surface area is 117 Å². The summed E-state index contributed by atoms with van der Waals surface area (Å²) in [6, 6.07) is 5.65. The lowest BCUT2D eigenvalue weighted by Crippen LogP contribution is -2.51. The van der Waals surface area contributed by atoms with Gasteiger partial charge in [-0.25, -0.2) is 4.39 Å². The highest BCUT2D eigenvalue weighted by Gasteiger charge is 2.25. The van der Waals surface area contributed by atoms with Gasteiger partial charge in [-0.05, 0) is 13.0 Å². The van der Waals surface area contributed by atoms with E-state index < -0.39 is 23.7 Å². The Morgan fingerprint density at radius 2 is 1.95 bits per heavy atom. The number of piperazine rings is 1. The first-order valence-electron chi connectivity index (χ1n) is 6.64. The van der Waals surface area contributed by atoms with Crippen molar-refractivity contribution < 1.29 is 14.0 Å². The van der Waals surface area contributed by atoms with Gasteiger partial charge in [0, 0.05) is 31.7 Å². The molecule has 1 heterocycles. The highest BCUT2D eigenvalue weighted by molar-refractivity contribution is 6.35. The predicted molar refractivity (Wildman–Crippen MR) is 72.4 cm³/mol. The Bertz CT molecular complexity index is 501. The number of benzene rings is 1. The average Bonchev–Trinajstić information content (AvgIpc) is 2.47. The van der Waals surface area contributed by atoms with Gasteiger partial charge in [0.2, 0.25) is 0 Å². The van der Waals surface area contributed by atoms with Crippen molar-refractivity contribution in [2.75, 3.05) is 26.2 Å². The molecular formula is C14H18FN3O2. The monoisotopic (exact) mass is 279 g/mol. The normalized spacial score (nSPS) is 16.6. The molecule has 0 aromatic heterocycles. The summed E-state index contributed by atoms with van der Waals surface area (Å²) >= 11 is 0. The molecular weight excluding hydrogens is 261 g/mol. The quantitative estimate of drug-likeness (QED) is 0.772. The van der Waals surface area contributed by atoms with Crippen LogP contribution in [0.15, 0.2) is 24.3 Å². The molecule has 1 fully saturated rings. The maximum absolute atomic E-state index is 13.6. The smallest absolute Gasteiger partial charge is 0.311 e. The second kappa shape index (κ2) is 6.47. The molecule has 1 saturated heterocycles. The van der Waals surface area contributed by atoms with E-state index in [0.717, 1.165) is 0 Å². The van der Waals surface area contributed by atoms with Crippen LogP contribution in [-0.4, -0.2) is 42.9 Å². The molecule has 1 aliphatic heterocycles. The number of carbonyl (C=O) groups is 2. The third-order valence-electron chi connectivity index (χ3n) is 3.32. The zero-order valence-electron chi connectivity index (χ0n) is 11.4. The van der Waals surface area contributed by atoms with Crippen molar-refractivity contribution in [3.8, 4) is 0 Å². The summed E-state index contributed by atoms with van der Waals surface area (Å²) in [6.07, 6.45) is 0. The van der Waals surface area contributed by atoms with Crippen LogP contribution in [0.2, 0.25) is 0 Å². The van der Waals surface area contributed by atoms with E-state index in [1.54, 1.807) is 25.1 Å². The van der Waals surface area contributed by atoms with Crippen molar-refractivity contribution in [1.29, 1.82) is 0 Å². The number of halogens is 1. The Kier molecular flexibility index (Phi) is 4.68. The first kappa shape index (κ1) is 14.5. The standard InChI is InChI=1S/C14H18FN3O2/c1-10(11-4-2-3-5-12(11)15)17-13(19)14(20)18-8-6-16-7-9-18/h2-5,10,16H,6-9H2,1H3,(H,17,19). The van der Waals surface area contributed by atoms with Gasteiger partial charge in [0.05, 0.1) is 6.04 Å². The zero-order chi connectivity index (χ0) is 14.5. The largest absolute Gasteiger partial charge is 0.341 e. The van der Waals surface area contributed by atoms with E-state index in [0.29, 0.717) is 31.7 Å². The molecule has 1 atom stereocenters. The van der Waals surface area contributed by atoms with E-state index in [9.17, 15) is 14.0 Å². The summed E-state index contributed by atoms with van der Waals surface area (Å²) in [5.41, 5.74) is 0.369. The molecule has 1 aromatic rings. The van der Waals surface area contributed by atoms with E-state index >= 15 is 0 Å². The molecule has 1 unspecified atom stereocenters. The van der Waals surface area contributed by atoms with Crippen LogP contribution in [0.3, 0.4) is 0 Å². The van der Waals surface area contributed by atoms with Gasteiger partial charge in [0.15, 0.2) is 0 Å². The number of carbonyl (C=O) groups excluding carboxylic acids is 2. The highest BCUT2D eigenvalue weighted by Crippen LogP contribution is 2.15. The molecule has 0 saturated carbocycles. The lowest BCUT2D eigenvalue weighted by molar-refractivity contribution is -0.146. The van der Waals surface area contributed by atoms with Gasteiger partial charge in [-0.2, -0.15) is 0 Å². The van der Waals surface area contributed by atoms with Crippen LogP contribution in [0.25, 0.3) is 0 Å². The first-order chi connectivity index (χ1) is 9.59. The van der Waals surface area contributed by atoms with Crippen molar-refractivity contribution in [2.45, 2.75) is 13.0 Å². The molecule has 0 spiro atoms. The van der Waals surface area contributed by atoms with Crippen LogP contribution in [0.4, 0.5) is 4.39 Å². The number of hydrogen-bond acceptors (Lipinski definition) is 3. The topological polar surface area (TPSA) is 61.4 Å². The van der Waals surface area contributed by atoms with Crippen molar-refractivity contribution in [3.63, 3.8) is 0 Å². The molecule has 1 aromatic carbocycles. The molecule has 20 heavy (non-hydrogen) atoms. The Balaban J connectivity index is 1.97. The Morgan fingerprint density at radius 1 is 1.30 bits per heavy atom. The third kappa shape index (κ3) is 3.33. The summed E-state index contributed by atoms with van der Waals surface area (Å²) in [4.78, 5) is 25.3. The highest BCUT2D eigenvalue weighted by atomic mass is 19.1. The minimum absolute atomic E-state index is 0.369. The fraction of sp³-hybridized carbons (Fsp3) is 0.429. The second-order valence-electron chi connectivity index (χ2n) is 4.76. The van der Waals surface area contributed by atoms with Crippen LogP contribution in [0, 0.1) is 5.82 Å². The first-order valence-corrected chi connectivity index (χ1v) is 6.64. The van der Waals surface area contributed by atoms with Gasteiger partial charge in [-0.3, -0.25) is 9.59 Å². The molecule has 2 N–H and O–H groups in total. The van der Waals surface area contributed by atoms with Crippen molar-refractivity contribution in [1.82, 2.24) is 15.5 Å². The summed E-state index contributed by atoms with van der Waals surface area (Å²) < 4.78 is 13.6. The Morgan fingerprint density at radius 3 is 2.60 bits per heavy atom. The van der Waals surface area contributed by atoms with Crippen LogP contribution in [0.1, 0.15) is 18.5 Å². The van der Waals surface area contributed by atoms with Gasteiger partial charge < -0.3 is 15.5 Å². The fourth-order valence-electron chi connectivity index (χ4n) is 2.17. The molecule has 5 nitrogen and oxygen atoms in total. The molecule has 2 rings (SSSR count). The molecule has 0 bridgehead atoms. The number of hydrogen-bond donors (Lipinski definition) is 2. The molecule has 0 aliphatic carbocycles. The maximum atomic E-state index is 13.6. The molecule has 108 valence electrons. The van der Waals surface area contributed by atoms with E-state index in [1.165, 1.54) is 11.0 Å². The fourth-order valence-corrected chi connectivity index (χ4v) is 2.17. The van der Waals surface area contributed by atoms with Gasteiger partial charge in [-0.15, -0.1) is 0 Å². The summed E-state index contributed by atoms with van der Waals surface area (Å²) in [6.45, 7) is 4.05. The van der Waals surface area contributed by atoms with Gasteiger partial charge in [0.25, 0.3) is 0 Å². The van der Waals surface area contributed by atoms with Crippen molar-refractivity contribution in [3.05, 3.63) is 35.6 Å². The van der Waals surface area contributed by atoms with Crippen molar-refractivity contribution >= 4 is 11.8 Å². The minimum Gasteiger partial charge on any atom is -0.341 e. The summed E-state index contributed by atoms with van der Waals surface area (Å²) in [5, 5.41) is 5.65. The second-order valence-corrected chi connectivity index (χ2v) is 4.76. The summed E-state index contributed by atoms with van der Waals surface area (Å²) in [5.74, 6) is -1.65. The minimum atomic E-state index is -0.692. The number of nitrogens with one attached hydrogen (secondary N) is 2. The Hall–Kier alpha value is -1.95. The van der Waals surface area contributed by atoms with Gasteiger partial charge in [0.1, 0.15) is 5.82 Å². The molecule has 1 aliphatic rings. The van der Waals surface area contributed by atoms with Gasteiger partial charge in [-0.1, -0.05) is 18.2 Å². The third-order valence-corrected chi connectivity index (χ3v) is 3.32. The number of amides is 2. The van der Waals surface area contributed by atoms with Crippen LogP contribution < -0.4 is 10.6 Å². The summed E-state index contributed by atoms with van der Waals surface area (Å²) in [7, 11) is 0.